The summed E-state index contributed by atoms with van der Waals surface area (Å²) in [5.41, 5.74) is -1.22. The van der Waals surface area contributed by atoms with E-state index in [0.29, 0.717) is 11.6 Å². The Morgan fingerprint density at radius 3 is 1.51 bits per heavy atom. The number of nitrogens with zero attached hydrogens (tertiary/aromatic N) is 7. The zero-order valence-electron chi connectivity index (χ0n) is 19.4. The molecule has 3 rings (SSSR count). The molecule has 0 saturated heterocycles. The van der Waals surface area contributed by atoms with Gasteiger partial charge in [0.15, 0.2) is 11.6 Å². The number of esters is 2. The van der Waals surface area contributed by atoms with Crippen molar-refractivity contribution in [3.8, 4) is 0 Å². The van der Waals surface area contributed by atoms with E-state index in [4.69, 9.17) is 9.47 Å². The average molecular weight is 517 g/mol. The molecule has 17 heteroatoms. The molecule has 0 amide bonds. The van der Waals surface area contributed by atoms with Crippen LogP contribution in [-0.4, -0.2) is 59.0 Å². The van der Waals surface area contributed by atoms with Crippen molar-refractivity contribution in [2.24, 2.45) is 0 Å². The number of aryl methyl sites for hydroxylation is 2. The molecule has 37 heavy (non-hydrogen) atoms. The van der Waals surface area contributed by atoms with Crippen LogP contribution < -0.4 is 0 Å². The van der Waals surface area contributed by atoms with Gasteiger partial charge >= 0.3 is 23.6 Å². The Morgan fingerprint density at radius 2 is 1.16 bits per heavy atom. The number of ether oxygens (including phenoxy) is 2. The third-order valence-electron chi connectivity index (χ3n) is 5.14. The van der Waals surface area contributed by atoms with Crippen molar-refractivity contribution < 1.29 is 33.8 Å². The third-order valence-corrected chi connectivity index (χ3v) is 5.14. The predicted molar refractivity (Wildman–Crippen MR) is 121 cm³/mol. The standard InChI is InChI=1S/C20H19N7O10/c1-12-21-10-17(26(32)33)23(12)3-5-36-19(28)14-7-15(9-16(8-14)25(30)31)20(29)37-6-4-24-13(2)22-11-18(24)27(34)35/h7-11H,3-6H2,1-2H3. The molecule has 1 aromatic carbocycles. The van der Waals surface area contributed by atoms with Gasteiger partial charge in [0.1, 0.15) is 38.7 Å². The molecule has 17 nitrogen and oxygen atoms in total. The molecule has 3 aromatic rings. The Bertz CT molecular complexity index is 1300. The van der Waals surface area contributed by atoms with Crippen molar-refractivity contribution in [3.05, 3.63) is 83.7 Å². The lowest BCUT2D eigenvalue weighted by atomic mass is 10.1. The van der Waals surface area contributed by atoms with E-state index in [1.54, 1.807) is 0 Å². The summed E-state index contributed by atoms with van der Waals surface area (Å²) in [6, 6.07) is 2.85. The lowest BCUT2D eigenvalue weighted by Crippen LogP contribution is -2.16. The van der Waals surface area contributed by atoms with E-state index in [0.717, 1.165) is 30.6 Å². The molecule has 0 radical (unpaired) electrons. The van der Waals surface area contributed by atoms with Crippen LogP contribution in [-0.2, 0) is 22.6 Å². The number of non-ortho nitro benzene ring substituents is 1. The fourth-order valence-corrected chi connectivity index (χ4v) is 3.33. The number of nitro groups is 3. The maximum Gasteiger partial charge on any atom is 0.342 e. The molecule has 0 aliphatic rings. The maximum absolute atomic E-state index is 12.5. The summed E-state index contributed by atoms with van der Waals surface area (Å²) in [6.45, 7) is 2.22. The number of nitro benzene ring substituents is 1. The first kappa shape index (κ1) is 26.4. The molecule has 0 atom stereocenters. The van der Waals surface area contributed by atoms with Gasteiger partial charge in [-0.2, -0.15) is 0 Å². The zero-order valence-corrected chi connectivity index (χ0v) is 19.4. The van der Waals surface area contributed by atoms with Gasteiger partial charge in [0, 0.05) is 26.0 Å². The minimum atomic E-state index is -1.01. The predicted octanol–water partition coefficient (Wildman–Crippen LogP) is 2.14. The van der Waals surface area contributed by atoms with Crippen LogP contribution in [0.5, 0.6) is 0 Å². The summed E-state index contributed by atoms with van der Waals surface area (Å²) in [5.74, 6) is -1.99. The highest BCUT2D eigenvalue weighted by Gasteiger charge is 2.22. The van der Waals surface area contributed by atoms with Crippen molar-refractivity contribution in [1.82, 2.24) is 19.1 Å². The number of carbonyl (C=O) groups excluding carboxylic acids is 2. The van der Waals surface area contributed by atoms with Gasteiger partial charge < -0.3 is 29.7 Å². The molecule has 0 spiro atoms. The number of benzene rings is 1. The number of hydrogen-bond donors (Lipinski definition) is 0. The lowest BCUT2D eigenvalue weighted by Gasteiger charge is -2.08. The van der Waals surface area contributed by atoms with Gasteiger partial charge in [-0.25, -0.2) is 28.7 Å². The molecule has 2 aromatic heterocycles. The number of aromatic nitrogens is 4. The Labute approximate surface area is 206 Å². The molecule has 0 saturated carbocycles. The lowest BCUT2D eigenvalue weighted by molar-refractivity contribution is -0.392. The summed E-state index contributed by atoms with van der Waals surface area (Å²) >= 11 is 0. The average Bonchev–Trinajstić information content (AvgIpc) is 3.41. The van der Waals surface area contributed by atoms with E-state index in [-0.39, 0.29) is 49.1 Å². The van der Waals surface area contributed by atoms with Crippen LogP contribution in [0.2, 0.25) is 0 Å². The molecule has 0 aliphatic heterocycles. The van der Waals surface area contributed by atoms with Crippen LogP contribution >= 0.6 is 0 Å². The Balaban J connectivity index is 1.69. The molecule has 0 bridgehead atoms. The highest BCUT2D eigenvalue weighted by atomic mass is 16.6. The van der Waals surface area contributed by atoms with E-state index >= 15 is 0 Å². The van der Waals surface area contributed by atoms with Gasteiger partial charge in [0.05, 0.1) is 16.1 Å². The fourth-order valence-electron chi connectivity index (χ4n) is 3.33. The molecule has 194 valence electrons. The van der Waals surface area contributed by atoms with Gasteiger partial charge in [-0.15, -0.1) is 0 Å². The molecule has 2 heterocycles. The third kappa shape index (κ3) is 6.08. The molecule has 0 N–H and O–H groups in total. The van der Waals surface area contributed by atoms with E-state index in [1.807, 2.05) is 0 Å². The van der Waals surface area contributed by atoms with Crippen LogP contribution in [0.3, 0.4) is 0 Å². The summed E-state index contributed by atoms with van der Waals surface area (Å²) in [6.07, 6.45) is 2.11. The second-order valence-corrected chi connectivity index (χ2v) is 7.44. The molecular formula is C20H19N7O10. The van der Waals surface area contributed by atoms with Gasteiger partial charge in [-0.05, 0) is 15.9 Å². The zero-order chi connectivity index (χ0) is 27.3. The monoisotopic (exact) mass is 517 g/mol. The van der Waals surface area contributed by atoms with E-state index < -0.39 is 32.4 Å². The highest BCUT2D eigenvalue weighted by Crippen LogP contribution is 2.20. The van der Waals surface area contributed by atoms with Gasteiger partial charge in [0.25, 0.3) is 5.69 Å². The Kier molecular flexibility index (Phi) is 7.86. The molecule has 0 unspecified atom stereocenters. The second-order valence-electron chi connectivity index (χ2n) is 7.44. The van der Waals surface area contributed by atoms with Crippen LogP contribution in [0.15, 0.2) is 30.6 Å². The number of hydrogen-bond acceptors (Lipinski definition) is 12. The van der Waals surface area contributed by atoms with Crippen LogP contribution in [0.1, 0.15) is 32.4 Å². The first-order chi connectivity index (χ1) is 17.5. The quantitative estimate of drug-likeness (QED) is 0.203. The fraction of sp³-hybridized carbons (Fsp3) is 0.300. The van der Waals surface area contributed by atoms with Crippen molar-refractivity contribution in [1.29, 1.82) is 0 Å². The van der Waals surface area contributed by atoms with Gasteiger partial charge in [0.2, 0.25) is 0 Å². The highest BCUT2D eigenvalue weighted by molar-refractivity contribution is 5.96. The number of rotatable bonds is 11. The Hall–Kier alpha value is -5.22. The van der Waals surface area contributed by atoms with Crippen molar-refractivity contribution in [2.45, 2.75) is 26.9 Å². The summed E-state index contributed by atoms with van der Waals surface area (Å²) in [5, 5.41) is 33.4. The first-order valence-electron chi connectivity index (χ1n) is 10.5. The topological polar surface area (TPSA) is 218 Å². The van der Waals surface area contributed by atoms with E-state index in [1.165, 1.54) is 23.0 Å². The van der Waals surface area contributed by atoms with Crippen LogP contribution in [0, 0.1) is 44.2 Å². The van der Waals surface area contributed by atoms with Crippen LogP contribution in [0.4, 0.5) is 17.3 Å². The summed E-state index contributed by atoms with van der Waals surface area (Å²) < 4.78 is 12.6. The van der Waals surface area contributed by atoms with Crippen molar-refractivity contribution >= 4 is 29.3 Å². The summed E-state index contributed by atoms with van der Waals surface area (Å²) in [7, 11) is 0. The molecule has 0 aliphatic carbocycles. The number of imidazole rings is 2. The molecule has 0 fully saturated rings. The normalized spacial score (nSPS) is 10.6. The minimum Gasteiger partial charge on any atom is -0.458 e. The van der Waals surface area contributed by atoms with E-state index in [9.17, 15) is 39.9 Å². The van der Waals surface area contributed by atoms with Gasteiger partial charge in [-0.3, -0.25) is 10.1 Å². The first-order valence-corrected chi connectivity index (χ1v) is 10.5. The second kappa shape index (κ2) is 11.0. The Morgan fingerprint density at radius 1 is 0.757 bits per heavy atom. The minimum absolute atomic E-state index is 0.0997. The van der Waals surface area contributed by atoms with Crippen molar-refractivity contribution in [3.63, 3.8) is 0 Å². The summed E-state index contributed by atoms with van der Waals surface area (Å²) in [4.78, 5) is 64.0. The SMILES string of the molecule is Cc1ncc([N+](=O)[O-])n1CCOC(=O)c1cc(C(=O)OCCn2c([N+](=O)[O-])cnc2C)cc([N+](=O)[O-])c1. The molecular weight excluding hydrogens is 498 g/mol. The van der Waals surface area contributed by atoms with E-state index in [2.05, 4.69) is 9.97 Å². The number of carbonyl (C=O) groups is 2. The van der Waals surface area contributed by atoms with Crippen LogP contribution in [0.25, 0.3) is 0 Å². The smallest absolute Gasteiger partial charge is 0.342 e. The van der Waals surface area contributed by atoms with Gasteiger partial charge in [-0.1, -0.05) is 0 Å². The largest absolute Gasteiger partial charge is 0.458 e. The van der Waals surface area contributed by atoms with Crippen molar-refractivity contribution in [2.75, 3.05) is 13.2 Å². The maximum atomic E-state index is 12.5.